The van der Waals surface area contributed by atoms with Gasteiger partial charge in [-0.15, -0.1) is 17.9 Å². The van der Waals surface area contributed by atoms with E-state index in [0.29, 0.717) is 13.2 Å². The molecular formula is C11H17NOS. The van der Waals surface area contributed by atoms with Crippen LogP contribution in [-0.4, -0.2) is 13.7 Å². The largest absolute Gasteiger partial charge is 0.373 e. The molecule has 1 heterocycles. The average molecular weight is 211 g/mol. The van der Waals surface area contributed by atoms with Gasteiger partial charge in [0.25, 0.3) is 0 Å². The molecule has 0 radical (unpaired) electrons. The summed E-state index contributed by atoms with van der Waals surface area (Å²) in [6.45, 7) is 8.00. The average Bonchev–Trinajstić information content (AvgIpc) is 2.48. The van der Waals surface area contributed by atoms with Crippen molar-refractivity contribution in [3.63, 3.8) is 0 Å². The van der Waals surface area contributed by atoms with Crippen molar-refractivity contribution in [2.24, 2.45) is 0 Å². The molecule has 14 heavy (non-hydrogen) atoms. The van der Waals surface area contributed by atoms with Crippen LogP contribution in [0.5, 0.6) is 0 Å². The van der Waals surface area contributed by atoms with E-state index in [9.17, 15) is 0 Å². The molecule has 1 aromatic rings. The zero-order chi connectivity index (χ0) is 10.4. The summed E-state index contributed by atoms with van der Waals surface area (Å²) in [5.41, 5.74) is 1.29. The molecule has 78 valence electrons. The van der Waals surface area contributed by atoms with Crippen molar-refractivity contribution in [1.82, 2.24) is 5.32 Å². The zero-order valence-electron chi connectivity index (χ0n) is 8.80. The predicted octanol–water partition coefficient (Wildman–Crippen LogP) is 2.48. The Morgan fingerprint density at radius 3 is 3.07 bits per heavy atom. The van der Waals surface area contributed by atoms with E-state index in [1.165, 1.54) is 15.3 Å². The fourth-order valence-electron chi connectivity index (χ4n) is 1.24. The van der Waals surface area contributed by atoms with Crippen LogP contribution in [-0.2, 0) is 17.9 Å². The normalized spacial score (nSPS) is 10.4. The number of ether oxygens (including phenoxy) is 1. The van der Waals surface area contributed by atoms with Gasteiger partial charge in [-0.05, 0) is 25.6 Å². The molecule has 0 bridgehead atoms. The molecule has 1 N–H and O–H groups in total. The molecule has 0 amide bonds. The highest BCUT2D eigenvalue weighted by molar-refractivity contribution is 7.12. The molecule has 0 unspecified atom stereocenters. The first-order chi connectivity index (χ1) is 6.77. The third kappa shape index (κ3) is 3.25. The van der Waals surface area contributed by atoms with Crippen LogP contribution in [0.15, 0.2) is 18.7 Å². The fourth-order valence-corrected chi connectivity index (χ4v) is 2.30. The van der Waals surface area contributed by atoms with Gasteiger partial charge in [-0.2, -0.15) is 0 Å². The fraction of sp³-hybridized carbons (Fsp3) is 0.455. The minimum atomic E-state index is 0.622. The highest BCUT2D eigenvalue weighted by Gasteiger charge is 2.04. The lowest BCUT2D eigenvalue weighted by Gasteiger charge is -1.99. The maximum atomic E-state index is 5.41. The van der Waals surface area contributed by atoms with Crippen molar-refractivity contribution in [2.45, 2.75) is 20.1 Å². The van der Waals surface area contributed by atoms with E-state index in [-0.39, 0.29) is 0 Å². The molecule has 1 aromatic heterocycles. The van der Waals surface area contributed by atoms with Gasteiger partial charge in [0.15, 0.2) is 0 Å². The summed E-state index contributed by atoms with van der Waals surface area (Å²) < 4.78 is 5.41. The van der Waals surface area contributed by atoms with Crippen LogP contribution in [0.2, 0.25) is 0 Å². The molecule has 0 saturated carbocycles. The van der Waals surface area contributed by atoms with E-state index < -0.39 is 0 Å². The second-order valence-corrected chi connectivity index (χ2v) is 4.47. The van der Waals surface area contributed by atoms with Gasteiger partial charge in [0.1, 0.15) is 0 Å². The second kappa shape index (κ2) is 5.96. The van der Waals surface area contributed by atoms with Crippen LogP contribution in [0.4, 0.5) is 0 Å². The van der Waals surface area contributed by atoms with E-state index in [0.717, 1.165) is 6.54 Å². The molecule has 0 saturated heterocycles. The van der Waals surface area contributed by atoms with Crippen molar-refractivity contribution in [3.8, 4) is 0 Å². The summed E-state index contributed by atoms with van der Waals surface area (Å²) in [5.74, 6) is 0. The Balaban J connectivity index is 2.53. The molecule has 2 nitrogen and oxygen atoms in total. The predicted molar refractivity (Wildman–Crippen MR) is 61.7 cm³/mol. The van der Waals surface area contributed by atoms with Gasteiger partial charge in [-0.3, -0.25) is 0 Å². The topological polar surface area (TPSA) is 21.3 Å². The smallest absolute Gasteiger partial charge is 0.0731 e. The third-order valence-electron chi connectivity index (χ3n) is 1.92. The highest BCUT2D eigenvalue weighted by Crippen LogP contribution is 2.22. The van der Waals surface area contributed by atoms with E-state index >= 15 is 0 Å². The van der Waals surface area contributed by atoms with Gasteiger partial charge < -0.3 is 10.1 Å². The Morgan fingerprint density at radius 1 is 1.64 bits per heavy atom. The number of hydrogen-bond acceptors (Lipinski definition) is 3. The van der Waals surface area contributed by atoms with Gasteiger partial charge in [0.2, 0.25) is 0 Å². The minimum Gasteiger partial charge on any atom is -0.373 e. The summed E-state index contributed by atoms with van der Waals surface area (Å²) in [5, 5.41) is 3.15. The second-order valence-electron chi connectivity index (χ2n) is 3.13. The monoisotopic (exact) mass is 211 g/mol. The van der Waals surface area contributed by atoms with Crippen molar-refractivity contribution in [2.75, 3.05) is 13.7 Å². The first-order valence-corrected chi connectivity index (χ1v) is 5.51. The van der Waals surface area contributed by atoms with Crippen LogP contribution in [0.3, 0.4) is 0 Å². The van der Waals surface area contributed by atoms with E-state index in [2.05, 4.69) is 24.9 Å². The van der Waals surface area contributed by atoms with Gasteiger partial charge in [0, 0.05) is 16.3 Å². The summed E-state index contributed by atoms with van der Waals surface area (Å²) >= 11 is 1.83. The summed E-state index contributed by atoms with van der Waals surface area (Å²) in [7, 11) is 1.96. The first kappa shape index (κ1) is 11.4. The number of aryl methyl sites for hydroxylation is 1. The lowest BCUT2D eigenvalue weighted by Crippen LogP contribution is -2.02. The van der Waals surface area contributed by atoms with E-state index in [1.807, 2.05) is 18.4 Å². The molecular weight excluding hydrogens is 194 g/mol. The zero-order valence-corrected chi connectivity index (χ0v) is 9.62. The number of thiophene rings is 1. The molecule has 0 aromatic carbocycles. The maximum absolute atomic E-state index is 5.41. The lowest BCUT2D eigenvalue weighted by atomic mass is 10.2. The van der Waals surface area contributed by atoms with Crippen LogP contribution < -0.4 is 5.32 Å². The summed E-state index contributed by atoms with van der Waals surface area (Å²) in [4.78, 5) is 2.71. The third-order valence-corrected chi connectivity index (χ3v) is 3.01. The molecule has 0 aliphatic heterocycles. The molecule has 0 atom stereocenters. The van der Waals surface area contributed by atoms with Gasteiger partial charge in [-0.25, -0.2) is 0 Å². The Hall–Kier alpha value is -0.640. The highest BCUT2D eigenvalue weighted by atomic mass is 32.1. The van der Waals surface area contributed by atoms with Crippen molar-refractivity contribution in [3.05, 3.63) is 34.0 Å². The Kier molecular flexibility index (Phi) is 4.87. The molecule has 0 aliphatic carbocycles. The summed E-state index contributed by atoms with van der Waals surface area (Å²) in [6, 6.07) is 2.21. The van der Waals surface area contributed by atoms with Gasteiger partial charge in [-0.1, -0.05) is 6.08 Å². The molecule has 0 spiro atoms. The van der Waals surface area contributed by atoms with Crippen LogP contribution in [0.25, 0.3) is 0 Å². The Labute approximate surface area is 89.6 Å². The standard InChI is InChI=1S/C11H17NOS/c1-4-5-13-8-10-6-11(7-12-3)14-9(10)2/h4,6,12H,1,5,7-8H2,2-3H3. The molecule has 3 heteroatoms. The van der Waals surface area contributed by atoms with Crippen LogP contribution in [0, 0.1) is 6.92 Å². The minimum absolute atomic E-state index is 0.622. The molecule has 1 rings (SSSR count). The number of nitrogens with one attached hydrogen (secondary N) is 1. The molecule has 0 aliphatic rings. The van der Waals surface area contributed by atoms with Gasteiger partial charge >= 0.3 is 0 Å². The van der Waals surface area contributed by atoms with E-state index in [1.54, 1.807) is 6.08 Å². The van der Waals surface area contributed by atoms with Crippen molar-refractivity contribution < 1.29 is 4.74 Å². The quantitative estimate of drug-likeness (QED) is 0.576. The maximum Gasteiger partial charge on any atom is 0.0731 e. The Bertz CT molecular complexity index is 293. The van der Waals surface area contributed by atoms with Gasteiger partial charge in [0.05, 0.1) is 13.2 Å². The number of hydrogen-bond donors (Lipinski definition) is 1. The molecule has 0 fully saturated rings. The lowest BCUT2D eigenvalue weighted by molar-refractivity contribution is 0.149. The van der Waals surface area contributed by atoms with E-state index in [4.69, 9.17) is 4.74 Å². The SMILES string of the molecule is C=CCOCc1cc(CNC)sc1C. The van der Waals surface area contributed by atoms with Crippen LogP contribution >= 0.6 is 11.3 Å². The van der Waals surface area contributed by atoms with Crippen molar-refractivity contribution in [1.29, 1.82) is 0 Å². The van der Waals surface area contributed by atoms with Crippen molar-refractivity contribution >= 4 is 11.3 Å². The summed E-state index contributed by atoms with van der Waals surface area (Å²) in [6.07, 6.45) is 1.77. The number of rotatable bonds is 6. The first-order valence-electron chi connectivity index (χ1n) is 4.69. The van der Waals surface area contributed by atoms with Crippen LogP contribution in [0.1, 0.15) is 15.3 Å². The Morgan fingerprint density at radius 2 is 2.43 bits per heavy atom.